The lowest BCUT2D eigenvalue weighted by atomic mass is 10.3. The molecule has 0 aromatic carbocycles. The third kappa shape index (κ3) is 3.31. The van der Waals surface area contributed by atoms with Gasteiger partial charge in [-0.1, -0.05) is 13.3 Å². The highest BCUT2D eigenvalue weighted by Gasteiger charge is 2.19. The maximum absolute atomic E-state index is 11.9. The molecule has 102 valence electrons. The van der Waals surface area contributed by atoms with Crippen LogP contribution >= 0.6 is 0 Å². The molecular weight excluding hydrogens is 256 g/mol. The van der Waals surface area contributed by atoms with Crippen molar-refractivity contribution in [2.45, 2.75) is 24.7 Å². The van der Waals surface area contributed by atoms with Gasteiger partial charge in [-0.05, 0) is 12.5 Å². The van der Waals surface area contributed by atoms with E-state index in [2.05, 4.69) is 4.72 Å². The molecule has 1 rings (SSSR count). The Morgan fingerprint density at radius 2 is 2.17 bits per heavy atom. The standard InChI is InChI=1S/C10H18N4O3S/c1-3-4-5-12-18(16,17)8-6-9(10(15)13-11)14(2)7-8/h6-7,12H,3-5,11H2,1-2H3,(H,13,15). The number of unbranched alkanes of at least 4 members (excludes halogenated alkanes) is 1. The normalized spacial score (nSPS) is 11.5. The third-order valence-electron chi connectivity index (χ3n) is 2.48. The topological polar surface area (TPSA) is 106 Å². The van der Waals surface area contributed by atoms with Crippen molar-refractivity contribution in [3.63, 3.8) is 0 Å². The minimum Gasteiger partial charge on any atom is -0.345 e. The lowest BCUT2D eigenvalue weighted by Crippen LogP contribution is -2.31. The van der Waals surface area contributed by atoms with Crippen molar-refractivity contribution in [3.8, 4) is 0 Å². The Labute approximate surface area is 106 Å². The van der Waals surface area contributed by atoms with Crippen LogP contribution in [0.2, 0.25) is 0 Å². The predicted octanol–water partition coefficient (Wildman–Crippen LogP) is -0.293. The molecule has 0 aliphatic rings. The Balaban J connectivity index is 2.93. The number of hydrazine groups is 1. The summed E-state index contributed by atoms with van der Waals surface area (Å²) in [6.45, 7) is 2.35. The number of sulfonamides is 1. The fraction of sp³-hybridized carbons (Fsp3) is 0.500. The molecule has 0 aliphatic carbocycles. The van der Waals surface area contributed by atoms with Crippen molar-refractivity contribution in [1.29, 1.82) is 0 Å². The maximum Gasteiger partial charge on any atom is 0.281 e. The van der Waals surface area contributed by atoms with Gasteiger partial charge < -0.3 is 4.57 Å². The first-order chi connectivity index (χ1) is 8.42. The molecule has 0 atom stereocenters. The van der Waals surface area contributed by atoms with Crippen LogP contribution in [0.15, 0.2) is 17.2 Å². The van der Waals surface area contributed by atoms with Crippen LogP contribution in [0.1, 0.15) is 30.3 Å². The molecular formula is C10H18N4O3S. The molecule has 0 unspecified atom stereocenters. The number of hydrogen-bond donors (Lipinski definition) is 3. The van der Waals surface area contributed by atoms with Crippen LogP contribution in [0.4, 0.5) is 0 Å². The number of nitrogens with one attached hydrogen (secondary N) is 2. The van der Waals surface area contributed by atoms with E-state index in [0.717, 1.165) is 12.8 Å². The highest BCUT2D eigenvalue weighted by atomic mass is 32.2. The second kappa shape index (κ2) is 5.98. The number of amides is 1. The zero-order chi connectivity index (χ0) is 13.8. The van der Waals surface area contributed by atoms with E-state index in [-0.39, 0.29) is 10.6 Å². The van der Waals surface area contributed by atoms with Crippen LogP contribution in [0.25, 0.3) is 0 Å². The van der Waals surface area contributed by atoms with Gasteiger partial charge in [0.2, 0.25) is 10.0 Å². The highest BCUT2D eigenvalue weighted by Crippen LogP contribution is 2.13. The third-order valence-corrected chi connectivity index (χ3v) is 3.90. The van der Waals surface area contributed by atoms with Crippen LogP contribution in [0.5, 0.6) is 0 Å². The van der Waals surface area contributed by atoms with Gasteiger partial charge in [-0.2, -0.15) is 0 Å². The van der Waals surface area contributed by atoms with E-state index in [4.69, 9.17) is 5.84 Å². The first-order valence-corrected chi connectivity index (χ1v) is 7.07. The summed E-state index contributed by atoms with van der Waals surface area (Å²) in [5.41, 5.74) is 2.15. The summed E-state index contributed by atoms with van der Waals surface area (Å²) in [5.74, 6) is 4.48. The zero-order valence-electron chi connectivity index (χ0n) is 10.4. The second-order valence-electron chi connectivity index (χ2n) is 3.90. The molecule has 0 fully saturated rings. The van der Waals surface area contributed by atoms with Crippen LogP contribution in [-0.4, -0.2) is 25.4 Å². The number of hydrogen-bond acceptors (Lipinski definition) is 4. The molecule has 0 bridgehead atoms. The number of aromatic nitrogens is 1. The molecule has 1 amide bonds. The SMILES string of the molecule is CCCCNS(=O)(=O)c1cc(C(=O)NN)n(C)c1. The van der Waals surface area contributed by atoms with E-state index in [1.807, 2.05) is 12.3 Å². The van der Waals surface area contributed by atoms with Crippen LogP contribution in [0, 0.1) is 0 Å². The van der Waals surface area contributed by atoms with Gasteiger partial charge >= 0.3 is 0 Å². The molecule has 1 aromatic rings. The Bertz CT molecular complexity index is 521. The molecule has 0 saturated heterocycles. The van der Waals surface area contributed by atoms with E-state index >= 15 is 0 Å². The summed E-state index contributed by atoms with van der Waals surface area (Å²) in [7, 11) is -1.99. The van der Waals surface area contributed by atoms with Crippen molar-refractivity contribution in [1.82, 2.24) is 14.7 Å². The molecule has 0 spiro atoms. The van der Waals surface area contributed by atoms with Crippen molar-refractivity contribution < 1.29 is 13.2 Å². The first kappa shape index (κ1) is 14.7. The van der Waals surface area contributed by atoms with Crippen molar-refractivity contribution in [2.75, 3.05) is 6.54 Å². The Morgan fingerprint density at radius 1 is 1.50 bits per heavy atom. The smallest absolute Gasteiger partial charge is 0.281 e. The number of carbonyl (C=O) groups excluding carboxylic acids is 1. The van der Waals surface area contributed by atoms with Crippen LogP contribution < -0.4 is 16.0 Å². The number of nitrogens with two attached hydrogens (primary N) is 1. The van der Waals surface area contributed by atoms with Gasteiger partial charge in [0.25, 0.3) is 5.91 Å². The summed E-state index contributed by atoms with van der Waals surface area (Å²) in [5, 5.41) is 0. The van der Waals surface area contributed by atoms with E-state index in [9.17, 15) is 13.2 Å². The van der Waals surface area contributed by atoms with E-state index in [1.165, 1.54) is 16.8 Å². The molecule has 7 nitrogen and oxygen atoms in total. The van der Waals surface area contributed by atoms with Gasteiger partial charge in [-0.3, -0.25) is 10.2 Å². The van der Waals surface area contributed by atoms with Gasteiger partial charge in [0.05, 0.1) is 0 Å². The monoisotopic (exact) mass is 274 g/mol. The summed E-state index contributed by atoms with van der Waals surface area (Å²) < 4.78 is 27.7. The van der Waals surface area contributed by atoms with Crippen molar-refractivity contribution in [2.24, 2.45) is 12.9 Å². The van der Waals surface area contributed by atoms with E-state index in [0.29, 0.717) is 6.54 Å². The lowest BCUT2D eigenvalue weighted by molar-refractivity contribution is 0.0945. The van der Waals surface area contributed by atoms with Gasteiger partial charge in [0, 0.05) is 19.8 Å². The molecule has 4 N–H and O–H groups in total. The molecule has 1 aromatic heterocycles. The summed E-state index contributed by atoms with van der Waals surface area (Å²) in [6.07, 6.45) is 3.04. The molecule has 18 heavy (non-hydrogen) atoms. The van der Waals surface area contributed by atoms with Crippen molar-refractivity contribution >= 4 is 15.9 Å². The number of nitrogens with zero attached hydrogens (tertiary/aromatic N) is 1. The molecule has 0 radical (unpaired) electrons. The fourth-order valence-corrected chi connectivity index (χ4v) is 2.59. The Kier molecular flexibility index (Phi) is 4.88. The minimum atomic E-state index is -3.57. The highest BCUT2D eigenvalue weighted by molar-refractivity contribution is 7.89. The van der Waals surface area contributed by atoms with Gasteiger partial charge in [-0.25, -0.2) is 19.0 Å². The number of rotatable bonds is 6. The predicted molar refractivity (Wildman–Crippen MR) is 67.2 cm³/mol. The summed E-state index contributed by atoms with van der Waals surface area (Å²) in [6, 6.07) is 1.29. The average Bonchev–Trinajstić information content (AvgIpc) is 2.71. The fourth-order valence-electron chi connectivity index (χ4n) is 1.45. The molecule has 0 aliphatic heterocycles. The lowest BCUT2D eigenvalue weighted by Gasteiger charge is -2.02. The maximum atomic E-state index is 11.9. The van der Waals surface area contributed by atoms with Crippen molar-refractivity contribution in [3.05, 3.63) is 18.0 Å². The number of carbonyl (C=O) groups is 1. The first-order valence-electron chi connectivity index (χ1n) is 5.59. The van der Waals surface area contributed by atoms with Gasteiger partial charge in [-0.15, -0.1) is 0 Å². The quantitative estimate of drug-likeness (QED) is 0.287. The zero-order valence-corrected chi connectivity index (χ0v) is 11.3. The Morgan fingerprint density at radius 3 is 2.72 bits per heavy atom. The molecule has 0 saturated carbocycles. The summed E-state index contributed by atoms with van der Waals surface area (Å²) >= 11 is 0. The largest absolute Gasteiger partial charge is 0.345 e. The van der Waals surface area contributed by atoms with E-state index in [1.54, 1.807) is 7.05 Å². The minimum absolute atomic E-state index is 0.0553. The van der Waals surface area contributed by atoms with Crippen LogP contribution in [-0.2, 0) is 17.1 Å². The van der Waals surface area contributed by atoms with Gasteiger partial charge in [0.15, 0.2) is 0 Å². The van der Waals surface area contributed by atoms with Crippen LogP contribution in [0.3, 0.4) is 0 Å². The second-order valence-corrected chi connectivity index (χ2v) is 5.66. The molecule has 1 heterocycles. The number of aryl methyl sites for hydroxylation is 1. The Hall–Kier alpha value is -1.38. The average molecular weight is 274 g/mol. The summed E-state index contributed by atoms with van der Waals surface area (Å²) in [4.78, 5) is 11.4. The van der Waals surface area contributed by atoms with Gasteiger partial charge in [0.1, 0.15) is 10.6 Å². The van der Waals surface area contributed by atoms with E-state index < -0.39 is 15.9 Å². The molecule has 8 heteroatoms. The number of nitrogen functional groups attached to an aromatic ring is 1.